The predicted octanol–water partition coefficient (Wildman–Crippen LogP) is 3.75. The van der Waals surface area contributed by atoms with Crippen LogP contribution in [0.5, 0.6) is 0 Å². The van der Waals surface area contributed by atoms with Gasteiger partial charge in [0.2, 0.25) is 0 Å². The molecule has 4 aliphatic heterocycles. The molecule has 0 saturated carbocycles. The molecule has 1 aromatic carbocycles. The van der Waals surface area contributed by atoms with E-state index in [0.717, 1.165) is 0 Å². The van der Waals surface area contributed by atoms with E-state index in [2.05, 4.69) is 10.3 Å². The first kappa shape index (κ1) is 56.9. The number of hydrogen-bond acceptors (Lipinski definition) is 17. The number of hydrogen-bond donors (Lipinski definition) is 5. The molecule has 6 rings (SSSR count). The average molecular weight is 1010 g/mol. The van der Waals surface area contributed by atoms with Crippen molar-refractivity contribution in [1.82, 2.24) is 24.8 Å². The van der Waals surface area contributed by atoms with E-state index in [1.165, 1.54) is 37.1 Å². The van der Waals surface area contributed by atoms with Crippen molar-refractivity contribution in [1.29, 1.82) is 0 Å². The number of likely N-dealkylation sites (N-methyl/N-ethyl adjacent to an activating group) is 2. The van der Waals surface area contributed by atoms with Gasteiger partial charge in [0.05, 0.1) is 54.3 Å². The van der Waals surface area contributed by atoms with Crippen LogP contribution >= 0.6 is 0 Å². The van der Waals surface area contributed by atoms with Gasteiger partial charge in [0, 0.05) is 69.1 Å². The summed E-state index contributed by atoms with van der Waals surface area (Å²) in [5, 5.41) is 69.3. The summed E-state index contributed by atoms with van der Waals surface area (Å²) in [7, 11) is 5.26. The molecular weight excluding hydrogens is 924 g/mol. The SMILES string of the molecule is CC[C@H]1OC(=O)[C@H](C)C([C@H]2C[C@@](C)(OC)[C@@H](O)[C@H](C)O2)[C@H](C)[C@@](O)(O[C@@H]2O[C@H](C)C[C@H](N(C)CCc3cn(C[C@H]4CN(c5cccc(F)c5)C(=O)O4)nn3)[C@H]2O)[C@@H](C)C[C@@H](C)CN(C)[C@H](C)[C@@H](O)[C@]1(C)O. The van der Waals surface area contributed by atoms with Crippen LogP contribution in [0.1, 0.15) is 101 Å². The number of methoxy groups -OCH3 is 1. The average Bonchev–Trinajstić information content (AvgIpc) is 3.93. The molecule has 20 heteroatoms. The number of halogens is 1. The topological polar surface area (TPSA) is 231 Å². The Hall–Kier alpha value is -3.41. The van der Waals surface area contributed by atoms with Crippen LogP contribution in [0.15, 0.2) is 30.5 Å². The Balaban J connectivity index is 1.25. The number of carbonyl (C=O) groups excluding carboxylic acids is 2. The Morgan fingerprint density at radius 3 is 2.34 bits per heavy atom. The molecule has 0 spiro atoms. The van der Waals surface area contributed by atoms with Gasteiger partial charge in [-0.2, -0.15) is 0 Å². The van der Waals surface area contributed by atoms with Gasteiger partial charge < -0.3 is 63.8 Å². The Bertz CT molecular complexity index is 2090. The summed E-state index contributed by atoms with van der Waals surface area (Å²) in [4.78, 5) is 32.6. The van der Waals surface area contributed by atoms with Crippen LogP contribution in [0.25, 0.3) is 0 Å². The first-order chi connectivity index (χ1) is 33.2. The van der Waals surface area contributed by atoms with Gasteiger partial charge >= 0.3 is 12.1 Å². The van der Waals surface area contributed by atoms with E-state index in [4.69, 9.17) is 28.4 Å². The van der Waals surface area contributed by atoms with Gasteiger partial charge in [-0.1, -0.05) is 45.9 Å². The van der Waals surface area contributed by atoms with Gasteiger partial charge in [0.1, 0.15) is 41.9 Å². The third kappa shape index (κ3) is 12.4. The summed E-state index contributed by atoms with van der Waals surface area (Å²) in [6.07, 6.45) is -5.58. The van der Waals surface area contributed by atoms with Crippen LogP contribution in [-0.4, -0.2) is 187 Å². The summed E-state index contributed by atoms with van der Waals surface area (Å²) < 4.78 is 53.0. The molecule has 4 fully saturated rings. The molecule has 71 heavy (non-hydrogen) atoms. The van der Waals surface area contributed by atoms with Crippen LogP contribution in [0.2, 0.25) is 0 Å². The first-order valence-corrected chi connectivity index (χ1v) is 25.5. The zero-order valence-corrected chi connectivity index (χ0v) is 44.1. The summed E-state index contributed by atoms with van der Waals surface area (Å²) in [6.45, 7) is 19.3. The second-order valence-corrected chi connectivity index (χ2v) is 21.9. The van der Waals surface area contributed by atoms with E-state index in [-0.39, 0.29) is 31.8 Å². The molecule has 19 nitrogen and oxygen atoms in total. The maximum atomic E-state index is 14.6. The molecule has 0 radical (unpaired) electrons. The zero-order chi connectivity index (χ0) is 52.5. The fourth-order valence-corrected chi connectivity index (χ4v) is 11.7. The predicted molar refractivity (Wildman–Crippen MR) is 259 cm³/mol. The Labute approximate surface area is 418 Å². The molecule has 5 N–H and O–H groups in total. The van der Waals surface area contributed by atoms with E-state index >= 15 is 0 Å². The Morgan fingerprint density at radius 1 is 0.972 bits per heavy atom. The lowest BCUT2D eigenvalue weighted by Gasteiger charge is -2.52. The molecule has 0 aliphatic carbocycles. The number of aromatic nitrogens is 3. The highest BCUT2D eigenvalue weighted by atomic mass is 19.1. The molecule has 2 aromatic rings. The highest BCUT2D eigenvalue weighted by Gasteiger charge is 2.57. The Morgan fingerprint density at radius 2 is 1.68 bits per heavy atom. The number of ether oxygens (including phenoxy) is 6. The minimum atomic E-state index is -2.08. The molecule has 0 bridgehead atoms. The van der Waals surface area contributed by atoms with Gasteiger partial charge in [-0.25, -0.2) is 13.9 Å². The summed E-state index contributed by atoms with van der Waals surface area (Å²) in [5.41, 5.74) is -1.84. The van der Waals surface area contributed by atoms with E-state index in [1.54, 1.807) is 51.6 Å². The molecule has 5 heterocycles. The van der Waals surface area contributed by atoms with Gasteiger partial charge in [-0.05, 0) is 92.1 Å². The van der Waals surface area contributed by atoms with Gasteiger partial charge in [-0.3, -0.25) is 9.69 Å². The van der Waals surface area contributed by atoms with Crippen molar-refractivity contribution >= 4 is 17.7 Å². The van der Waals surface area contributed by atoms with Crippen molar-refractivity contribution in [3.63, 3.8) is 0 Å². The highest BCUT2D eigenvalue weighted by Crippen LogP contribution is 2.47. The largest absolute Gasteiger partial charge is 0.459 e. The van der Waals surface area contributed by atoms with Gasteiger partial charge in [0.15, 0.2) is 12.1 Å². The Kier molecular flexibility index (Phi) is 18.4. The zero-order valence-electron chi connectivity index (χ0n) is 44.1. The molecule has 19 atom stereocenters. The van der Waals surface area contributed by atoms with Crippen molar-refractivity contribution in [2.24, 2.45) is 29.6 Å². The second kappa shape index (κ2) is 23.0. The first-order valence-electron chi connectivity index (χ1n) is 25.5. The number of esters is 1. The maximum absolute atomic E-state index is 14.6. The summed E-state index contributed by atoms with van der Waals surface area (Å²) in [6, 6.07) is 4.73. The van der Waals surface area contributed by atoms with Crippen molar-refractivity contribution < 1.29 is 67.9 Å². The fourth-order valence-electron chi connectivity index (χ4n) is 11.7. The number of cyclic esters (lactones) is 2. The molecule has 402 valence electrons. The number of anilines is 1. The van der Waals surface area contributed by atoms with E-state index < -0.39 is 126 Å². The van der Waals surface area contributed by atoms with Crippen molar-refractivity contribution in [2.75, 3.05) is 45.7 Å². The van der Waals surface area contributed by atoms with E-state index in [9.17, 15) is 39.5 Å². The maximum Gasteiger partial charge on any atom is 0.414 e. The van der Waals surface area contributed by atoms with Crippen molar-refractivity contribution in [3.8, 4) is 0 Å². The van der Waals surface area contributed by atoms with E-state index in [1.807, 2.05) is 51.6 Å². The van der Waals surface area contributed by atoms with Crippen LogP contribution < -0.4 is 4.90 Å². The van der Waals surface area contributed by atoms with Crippen LogP contribution in [0.4, 0.5) is 14.9 Å². The van der Waals surface area contributed by atoms with Crippen molar-refractivity contribution in [2.45, 2.75) is 192 Å². The smallest absolute Gasteiger partial charge is 0.414 e. The molecule has 1 unspecified atom stereocenters. The lowest BCUT2D eigenvalue weighted by molar-refractivity contribution is -0.376. The number of aliphatic hydroxyl groups is 5. The summed E-state index contributed by atoms with van der Waals surface area (Å²) in [5.74, 6) is -6.72. The molecule has 1 aromatic heterocycles. The third-order valence-corrected chi connectivity index (χ3v) is 16.4. The van der Waals surface area contributed by atoms with Gasteiger partial charge in [-0.15, -0.1) is 5.10 Å². The fraction of sp³-hybridized carbons (Fsp3) is 0.804. The minimum absolute atomic E-state index is 0.0910. The number of rotatable bonds is 12. The van der Waals surface area contributed by atoms with Crippen LogP contribution in [0.3, 0.4) is 0 Å². The molecule has 4 saturated heterocycles. The standard InChI is InChI=1S/C51H83FN6O13/c1-14-41-50(10,64)44(60)33(7)56(12)24-28(2)20-29(3)51(65,32(6)42(31(5)46(62)70-41)40-23-49(9,66-13)45(61)34(8)68-40)71-47-43(59)39(21-30(4)67-47)55(11)19-18-36-25-57(54-53-36)26-38-27-58(48(63)69-38)37-17-15-16-35(52)22-37/h15-17,22,25,28-34,38-45,47,59-61,64-65H,14,18-21,23-24,26-27H2,1-13H3/t28-,29+,30-,31-,32+,33-,34+,38+,39+,40-,41-,42?,43-,44-,45+,47+,49-,50-,51+/m1/s1. The monoisotopic (exact) mass is 1010 g/mol. The summed E-state index contributed by atoms with van der Waals surface area (Å²) >= 11 is 0. The number of amides is 1. The van der Waals surface area contributed by atoms with E-state index in [0.29, 0.717) is 43.7 Å². The van der Waals surface area contributed by atoms with Crippen molar-refractivity contribution in [3.05, 3.63) is 42.0 Å². The number of benzene rings is 1. The van der Waals surface area contributed by atoms with Crippen LogP contribution in [0, 0.1) is 35.4 Å². The lowest BCUT2D eigenvalue weighted by Crippen LogP contribution is -2.63. The van der Waals surface area contributed by atoms with Gasteiger partial charge in [0.25, 0.3) is 0 Å². The minimum Gasteiger partial charge on any atom is -0.459 e. The second-order valence-electron chi connectivity index (χ2n) is 21.9. The normalized spacial score (nSPS) is 41.6. The third-order valence-electron chi connectivity index (χ3n) is 16.4. The quantitative estimate of drug-likeness (QED) is 0.151. The number of carbonyl (C=O) groups is 2. The number of aliphatic hydroxyl groups excluding tert-OH is 3. The highest BCUT2D eigenvalue weighted by molar-refractivity contribution is 5.89. The molecule has 1 amide bonds. The lowest BCUT2D eigenvalue weighted by atomic mass is 9.68. The molecular formula is C51H83FN6O13. The molecule has 4 aliphatic rings. The number of nitrogens with zero attached hydrogens (tertiary/aromatic N) is 6. The van der Waals surface area contributed by atoms with Crippen LogP contribution in [-0.2, 0) is 46.2 Å².